The molecule has 4 nitrogen and oxygen atoms in total. The molecule has 3 rings (SSSR count). The van der Waals surface area contributed by atoms with E-state index in [-0.39, 0.29) is 0 Å². The Morgan fingerprint density at radius 2 is 2.12 bits per heavy atom. The standard InChI is InChI=1S/C13H21N3O/c14-13-15-11-9-16(7-6-12(11)17-13)8-10-4-2-1-3-5-10/h10H,1-9H2,(H2,14,15). The van der Waals surface area contributed by atoms with Crippen molar-refractivity contribution in [2.75, 3.05) is 18.8 Å². The van der Waals surface area contributed by atoms with E-state index < -0.39 is 0 Å². The second-order valence-electron chi connectivity index (χ2n) is 5.41. The maximum atomic E-state index is 5.59. The summed E-state index contributed by atoms with van der Waals surface area (Å²) in [5.41, 5.74) is 6.65. The fraction of sp³-hybridized carbons (Fsp3) is 0.769. The molecule has 1 aromatic heterocycles. The minimum Gasteiger partial charge on any atom is -0.429 e. The number of nitrogens with zero attached hydrogens (tertiary/aromatic N) is 2. The lowest BCUT2D eigenvalue weighted by Crippen LogP contribution is -2.35. The molecule has 2 heterocycles. The summed E-state index contributed by atoms with van der Waals surface area (Å²) >= 11 is 0. The number of hydrogen-bond acceptors (Lipinski definition) is 4. The maximum Gasteiger partial charge on any atom is 0.292 e. The van der Waals surface area contributed by atoms with Gasteiger partial charge in [-0.15, -0.1) is 0 Å². The van der Waals surface area contributed by atoms with Crippen LogP contribution in [-0.2, 0) is 13.0 Å². The van der Waals surface area contributed by atoms with E-state index in [2.05, 4.69) is 9.88 Å². The average molecular weight is 235 g/mol. The monoisotopic (exact) mass is 235 g/mol. The van der Waals surface area contributed by atoms with E-state index in [1.807, 2.05) is 0 Å². The third-order valence-corrected chi connectivity index (χ3v) is 4.06. The molecule has 2 aliphatic rings. The molecule has 0 atom stereocenters. The van der Waals surface area contributed by atoms with E-state index in [9.17, 15) is 0 Å². The van der Waals surface area contributed by atoms with Gasteiger partial charge in [0.2, 0.25) is 0 Å². The van der Waals surface area contributed by atoms with Crippen LogP contribution in [0.2, 0.25) is 0 Å². The van der Waals surface area contributed by atoms with Gasteiger partial charge in [0, 0.05) is 26.1 Å². The van der Waals surface area contributed by atoms with Crippen LogP contribution in [0.3, 0.4) is 0 Å². The first-order chi connectivity index (χ1) is 8.31. The number of oxazole rings is 1. The van der Waals surface area contributed by atoms with Gasteiger partial charge in [-0.25, -0.2) is 0 Å². The first-order valence-corrected chi connectivity index (χ1v) is 6.77. The Labute approximate surface area is 102 Å². The third-order valence-electron chi connectivity index (χ3n) is 4.06. The van der Waals surface area contributed by atoms with E-state index in [0.717, 1.165) is 36.9 Å². The van der Waals surface area contributed by atoms with Crippen LogP contribution in [0.4, 0.5) is 6.01 Å². The molecule has 0 amide bonds. The highest BCUT2D eigenvalue weighted by Crippen LogP contribution is 2.27. The topological polar surface area (TPSA) is 55.3 Å². The molecule has 94 valence electrons. The second kappa shape index (κ2) is 4.69. The van der Waals surface area contributed by atoms with Gasteiger partial charge in [-0.05, 0) is 18.8 Å². The highest BCUT2D eigenvalue weighted by atomic mass is 16.4. The summed E-state index contributed by atoms with van der Waals surface area (Å²) in [6.45, 7) is 3.25. The molecule has 1 aliphatic carbocycles. The predicted molar refractivity (Wildman–Crippen MR) is 66.5 cm³/mol. The molecule has 0 radical (unpaired) electrons. The predicted octanol–water partition coefficient (Wildman–Crippen LogP) is 2.20. The van der Waals surface area contributed by atoms with Gasteiger partial charge in [0.15, 0.2) is 0 Å². The smallest absolute Gasteiger partial charge is 0.292 e. The van der Waals surface area contributed by atoms with E-state index in [0.29, 0.717) is 6.01 Å². The molecular formula is C13H21N3O. The van der Waals surface area contributed by atoms with Crippen LogP contribution < -0.4 is 5.73 Å². The first kappa shape index (κ1) is 11.1. The molecule has 1 aliphatic heterocycles. The van der Waals surface area contributed by atoms with Gasteiger partial charge >= 0.3 is 0 Å². The molecule has 1 aromatic rings. The van der Waals surface area contributed by atoms with Crippen molar-refractivity contribution in [1.82, 2.24) is 9.88 Å². The maximum absolute atomic E-state index is 5.59. The van der Waals surface area contributed by atoms with Crippen LogP contribution in [0.5, 0.6) is 0 Å². The molecule has 17 heavy (non-hydrogen) atoms. The molecule has 0 aromatic carbocycles. The van der Waals surface area contributed by atoms with E-state index >= 15 is 0 Å². The van der Waals surface area contributed by atoms with Crippen LogP contribution >= 0.6 is 0 Å². The Hall–Kier alpha value is -1.03. The van der Waals surface area contributed by atoms with Crippen molar-refractivity contribution in [3.8, 4) is 0 Å². The zero-order valence-corrected chi connectivity index (χ0v) is 10.3. The average Bonchev–Trinajstić information content (AvgIpc) is 2.70. The van der Waals surface area contributed by atoms with Gasteiger partial charge in [0.1, 0.15) is 5.76 Å². The fourth-order valence-electron chi connectivity index (χ4n) is 3.16. The highest BCUT2D eigenvalue weighted by molar-refractivity contribution is 5.21. The van der Waals surface area contributed by atoms with Gasteiger partial charge in [-0.2, -0.15) is 4.98 Å². The van der Waals surface area contributed by atoms with Gasteiger partial charge < -0.3 is 10.2 Å². The minimum atomic E-state index is 0.328. The summed E-state index contributed by atoms with van der Waals surface area (Å²) in [6.07, 6.45) is 8.04. The first-order valence-electron chi connectivity index (χ1n) is 6.77. The van der Waals surface area contributed by atoms with Crippen LogP contribution in [0.15, 0.2) is 4.42 Å². The summed E-state index contributed by atoms with van der Waals surface area (Å²) in [5, 5.41) is 0. The summed E-state index contributed by atoms with van der Waals surface area (Å²) in [7, 11) is 0. The van der Waals surface area contributed by atoms with Crippen LogP contribution in [0, 0.1) is 5.92 Å². The number of hydrogen-bond donors (Lipinski definition) is 1. The normalized spacial score (nSPS) is 22.6. The number of aromatic nitrogens is 1. The van der Waals surface area contributed by atoms with Gasteiger partial charge in [0.25, 0.3) is 6.01 Å². The molecule has 1 saturated carbocycles. The number of nitrogens with two attached hydrogens (primary N) is 1. The molecule has 0 saturated heterocycles. The van der Waals surface area contributed by atoms with Crippen molar-refractivity contribution in [1.29, 1.82) is 0 Å². The Morgan fingerprint density at radius 3 is 2.94 bits per heavy atom. The van der Waals surface area contributed by atoms with Crippen molar-refractivity contribution in [2.45, 2.75) is 45.1 Å². The van der Waals surface area contributed by atoms with Crippen molar-refractivity contribution in [3.63, 3.8) is 0 Å². The number of fused-ring (bicyclic) bond motifs is 1. The van der Waals surface area contributed by atoms with Gasteiger partial charge in [-0.1, -0.05) is 19.3 Å². The van der Waals surface area contributed by atoms with Crippen LogP contribution in [0.25, 0.3) is 0 Å². The zero-order chi connectivity index (χ0) is 11.7. The van der Waals surface area contributed by atoms with E-state index in [4.69, 9.17) is 10.2 Å². The summed E-state index contributed by atoms with van der Waals surface area (Å²) < 4.78 is 5.38. The Kier molecular flexibility index (Phi) is 3.05. The summed E-state index contributed by atoms with van der Waals surface area (Å²) in [6, 6.07) is 0.328. The number of nitrogen functional groups attached to an aromatic ring is 1. The number of anilines is 1. The largest absolute Gasteiger partial charge is 0.429 e. The molecule has 0 unspecified atom stereocenters. The lowest BCUT2D eigenvalue weighted by molar-refractivity contribution is 0.180. The van der Waals surface area contributed by atoms with Crippen molar-refractivity contribution >= 4 is 6.01 Å². The lowest BCUT2D eigenvalue weighted by atomic mass is 9.88. The Balaban J connectivity index is 1.59. The molecule has 1 fully saturated rings. The molecular weight excluding hydrogens is 214 g/mol. The van der Waals surface area contributed by atoms with E-state index in [1.54, 1.807) is 0 Å². The van der Waals surface area contributed by atoms with Crippen molar-refractivity contribution in [2.24, 2.45) is 5.92 Å². The minimum absolute atomic E-state index is 0.328. The molecule has 4 heteroatoms. The Bertz CT molecular complexity index is 382. The summed E-state index contributed by atoms with van der Waals surface area (Å²) in [5.74, 6) is 1.90. The summed E-state index contributed by atoms with van der Waals surface area (Å²) in [4.78, 5) is 6.78. The van der Waals surface area contributed by atoms with Gasteiger partial charge in [-0.3, -0.25) is 4.90 Å². The lowest BCUT2D eigenvalue weighted by Gasteiger charge is -2.31. The van der Waals surface area contributed by atoms with Crippen LogP contribution in [0.1, 0.15) is 43.6 Å². The third kappa shape index (κ3) is 2.46. The molecule has 0 bridgehead atoms. The van der Waals surface area contributed by atoms with Crippen molar-refractivity contribution < 1.29 is 4.42 Å². The van der Waals surface area contributed by atoms with Crippen molar-refractivity contribution in [3.05, 3.63) is 11.5 Å². The molecule has 2 N–H and O–H groups in total. The van der Waals surface area contributed by atoms with Gasteiger partial charge in [0.05, 0.1) is 5.69 Å². The Morgan fingerprint density at radius 1 is 1.29 bits per heavy atom. The van der Waals surface area contributed by atoms with Crippen LogP contribution in [-0.4, -0.2) is 23.0 Å². The molecule has 0 spiro atoms. The zero-order valence-electron chi connectivity index (χ0n) is 10.3. The second-order valence-corrected chi connectivity index (χ2v) is 5.41. The number of rotatable bonds is 2. The fourth-order valence-corrected chi connectivity index (χ4v) is 3.16. The SMILES string of the molecule is Nc1nc2c(o1)CCN(CC1CCCCC1)C2. The van der Waals surface area contributed by atoms with E-state index in [1.165, 1.54) is 38.6 Å². The highest BCUT2D eigenvalue weighted by Gasteiger charge is 2.24. The quantitative estimate of drug-likeness (QED) is 0.853.